The summed E-state index contributed by atoms with van der Waals surface area (Å²) in [7, 11) is 0. The minimum absolute atomic E-state index is 0.125. The average molecular weight is 196 g/mol. The third-order valence-electron chi connectivity index (χ3n) is 2.34. The molecule has 1 heterocycles. The highest BCUT2D eigenvalue weighted by Gasteiger charge is 2.23. The maximum Gasteiger partial charge on any atom is 0.335 e. The van der Waals surface area contributed by atoms with Crippen molar-refractivity contribution in [2.45, 2.75) is 53.0 Å². The first-order chi connectivity index (χ1) is 6.39. The van der Waals surface area contributed by atoms with Crippen LogP contribution in [0.25, 0.3) is 0 Å². The summed E-state index contributed by atoms with van der Waals surface area (Å²) in [5, 5.41) is 0. The van der Waals surface area contributed by atoms with Gasteiger partial charge in [-0.25, -0.2) is 0 Å². The highest BCUT2D eigenvalue weighted by Crippen LogP contribution is 2.10. The quantitative estimate of drug-likeness (QED) is 0.679. The van der Waals surface area contributed by atoms with Crippen molar-refractivity contribution in [3.63, 3.8) is 0 Å². The summed E-state index contributed by atoms with van der Waals surface area (Å²) in [4.78, 5) is 0. The number of aryl methyl sites for hydroxylation is 1. The van der Waals surface area contributed by atoms with Crippen LogP contribution in [0.2, 0.25) is 0 Å². The molecule has 1 aromatic heterocycles. The SMILES string of the molecule is CC(C)CCc1c[n+](C(C)(C)C)co1. The van der Waals surface area contributed by atoms with E-state index < -0.39 is 0 Å². The van der Waals surface area contributed by atoms with E-state index in [2.05, 4.69) is 45.4 Å². The van der Waals surface area contributed by atoms with Crippen molar-refractivity contribution in [3.05, 3.63) is 18.4 Å². The molecule has 2 nitrogen and oxygen atoms in total. The summed E-state index contributed by atoms with van der Waals surface area (Å²) in [6.07, 6.45) is 6.16. The molecular weight excluding hydrogens is 174 g/mol. The van der Waals surface area contributed by atoms with E-state index in [9.17, 15) is 0 Å². The number of hydrogen-bond acceptors (Lipinski definition) is 1. The van der Waals surface area contributed by atoms with Crippen molar-refractivity contribution in [1.29, 1.82) is 0 Å². The van der Waals surface area contributed by atoms with Crippen molar-refractivity contribution in [1.82, 2.24) is 0 Å². The molecule has 14 heavy (non-hydrogen) atoms. The summed E-state index contributed by atoms with van der Waals surface area (Å²) in [5.74, 6) is 1.83. The number of rotatable bonds is 3. The zero-order valence-corrected chi connectivity index (χ0v) is 10.0. The smallest absolute Gasteiger partial charge is 0.335 e. The minimum Gasteiger partial charge on any atom is -0.409 e. The topological polar surface area (TPSA) is 17.0 Å². The van der Waals surface area contributed by atoms with Crippen LogP contribution in [0.3, 0.4) is 0 Å². The lowest BCUT2D eigenvalue weighted by atomic mass is 10.1. The van der Waals surface area contributed by atoms with Gasteiger partial charge in [0, 0.05) is 27.2 Å². The summed E-state index contributed by atoms with van der Waals surface area (Å²) < 4.78 is 7.63. The highest BCUT2D eigenvalue weighted by molar-refractivity contribution is 4.84. The largest absolute Gasteiger partial charge is 0.409 e. The standard InChI is InChI=1S/C12H22NO/c1-10(2)6-7-11-8-13(9-14-11)12(3,4)5/h8-10H,6-7H2,1-5H3/q+1. The van der Waals surface area contributed by atoms with Crippen LogP contribution in [0.4, 0.5) is 0 Å². The van der Waals surface area contributed by atoms with Gasteiger partial charge in [-0.1, -0.05) is 13.8 Å². The molecule has 80 valence electrons. The molecule has 0 atom stereocenters. The first-order valence-corrected chi connectivity index (χ1v) is 5.39. The molecule has 0 N–H and O–H groups in total. The molecule has 2 heteroatoms. The third-order valence-corrected chi connectivity index (χ3v) is 2.34. The van der Waals surface area contributed by atoms with Crippen LogP contribution < -0.4 is 4.57 Å². The molecule has 0 aliphatic heterocycles. The van der Waals surface area contributed by atoms with E-state index in [1.54, 1.807) is 0 Å². The molecule has 0 fully saturated rings. The molecule has 0 unspecified atom stereocenters. The first-order valence-electron chi connectivity index (χ1n) is 5.39. The van der Waals surface area contributed by atoms with E-state index in [1.165, 1.54) is 6.42 Å². The monoisotopic (exact) mass is 196 g/mol. The molecule has 0 saturated heterocycles. The summed E-state index contributed by atoms with van der Waals surface area (Å²) in [6.45, 7) is 11.0. The lowest BCUT2D eigenvalue weighted by Crippen LogP contribution is -2.48. The fourth-order valence-electron chi connectivity index (χ4n) is 1.25. The predicted octanol–water partition coefficient (Wildman–Crippen LogP) is 2.91. The van der Waals surface area contributed by atoms with Crippen LogP contribution >= 0.6 is 0 Å². The second kappa shape index (κ2) is 4.16. The van der Waals surface area contributed by atoms with Crippen LogP contribution in [0.15, 0.2) is 17.0 Å². The van der Waals surface area contributed by atoms with Gasteiger partial charge in [-0.05, 0) is 12.3 Å². The van der Waals surface area contributed by atoms with Gasteiger partial charge in [-0.15, -0.1) is 0 Å². The van der Waals surface area contributed by atoms with Gasteiger partial charge in [0.15, 0.2) is 11.3 Å². The molecule has 0 radical (unpaired) electrons. The minimum atomic E-state index is 0.125. The third kappa shape index (κ3) is 3.17. The highest BCUT2D eigenvalue weighted by atomic mass is 16.3. The Morgan fingerprint density at radius 2 is 2.00 bits per heavy atom. The van der Waals surface area contributed by atoms with Crippen LogP contribution in [0.5, 0.6) is 0 Å². The molecule has 0 amide bonds. The summed E-state index contributed by atoms with van der Waals surface area (Å²) in [5.41, 5.74) is 0.125. The lowest BCUT2D eigenvalue weighted by molar-refractivity contribution is -0.756. The second-order valence-corrected chi connectivity index (χ2v) is 5.33. The van der Waals surface area contributed by atoms with Crippen molar-refractivity contribution >= 4 is 0 Å². The molecular formula is C12H22NO+. The Kier molecular flexibility index (Phi) is 3.35. The Hall–Kier alpha value is -0.790. The van der Waals surface area contributed by atoms with Crippen LogP contribution in [-0.2, 0) is 12.0 Å². The Morgan fingerprint density at radius 1 is 1.36 bits per heavy atom. The van der Waals surface area contributed by atoms with Crippen molar-refractivity contribution in [3.8, 4) is 0 Å². The maximum absolute atomic E-state index is 5.50. The van der Waals surface area contributed by atoms with E-state index in [1.807, 2.05) is 6.39 Å². The molecule has 0 aliphatic rings. The zero-order valence-electron chi connectivity index (χ0n) is 10.0. The molecule has 0 aliphatic carbocycles. The van der Waals surface area contributed by atoms with E-state index in [0.717, 1.165) is 18.1 Å². The van der Waals surface area contributed by atoms with Crippen molar-refractivity contribution in [2.75, 3.05) is 0 Å². The van der Waals surface area contributed by atoms with Crippen molar-refractivity contribution < 1.29 is 8.98 Å². The lowest BCUT2D eigenvalue weighted by Gasteiger charge is -2.07. The Morgan fingerprint density at radius 3 is 2.43 bits per heavy atom. The van der Waals surface area contributed by atoms with Crippen LogP contribution in [0, 0.1) is 5.92 Å². The molecule has 1 rings (SSSR count). The Balaban J connectivity index is 2.60. The van der Waals surface area contributed by atoms with Gasteiger partial charge >= 0.3 is 6.39 Å². The molecule has 1 aromatic rings. The van der Waals surface area contributed by atoms with Crippen molar-refractivity contribution in [2.24, 2.45) is 5.92 Å². The number of oxazole rings is 1. The fourth-order valence-corrected chi connectivity index (χ4v) is 1.25. The molecule has 0 saturated carbocycles. The number of aromatic nitrogens is 1. The van der Waals surface area contributed by atoms with E-state index in [4.69, 9.17) is 4.42 Å². The van der Waals surface area contributed by atoms with Gasteiger partial charge in [0.25, 0.3) is 0 Å². The van der Waals surface area contributed by atoms with Gasteiger partial charge in [0.2, 0.25) is 6.20 Å². The summed E-state index contributed by atoms with van der Waals surface area (Å²) >= 11 is 0. The fraction of sp³-hybridized carbons (Fsp3) is 0.750. The second-order valence-electron chi connectivity index (χ2n) is 5.33. The van der Waals surface area contributed by atoms with Crippen LogP contribution in [-0.4, -0.2) is 0 Å². The maximum atomic E-state index is 5.50. The molecule has 0 spiro atoms. The predicted molar refractivity (Wildman–Crippen MR) is 57.1 cm³/mol. The average Bonchev–Trinajstić information content (AvgIpc) is 2.47. The Bertz CT molecular complexity index is 281. The number of hydrogen-bond donors (Lipinski definition) is 0. The molecule has 0 bridgehead atoms. The van der Waals surface area contributed by atoms with Gasteiger partial charge < -0.3 is 4.42 Å². The Labute approximate surface area is 86.9 Å². The summed E-state index contributed by atoms with van der Waals surface area (Å²) in [6, 6.07) is 0. The normalized spacial score (nSPS) is 12.4. The van der Waals surface area contributed by atoms with Gasteiger partial charge in [-0.3, -0.25) is 0 Å². The molecule has 0 aromatic carbocycles. The zero-order chi connectivity index (χ0) is 10.8. The van der Waals surface area contributed by atoms with E-state index >= 15 is 0 Å². The van der Waals surface area contributed by atoms with Gasteiger partial charge in [0.1, 0.15) is 0 Å². The van der Waals surface area contributed by atoms with E-state index in [0.29, 0.717) is 0 Å². The van der Waals surface area contributed by atoms with Gasteiger partial charge in [-0.2, -0.15) is 4.57 Å². The van der Waals surface area contributed by atoms with Gasteiger partial charge in [0.05, 0.1) is 0 Å². The number of nitrogens with zero attached hydrogens (tertiary/aromatic N) is 1. The first kappa shape index (κ1) is 11.3. The van der Waals surface area contributed by atoms with Crippen LogP contribution in [0.1, 0.15) is 46.8 Å². The van der Waals surface area contributed by atoms with E-state index in [-0.39, 0.29) is 5.54 Å².